The molecule has 0 bridgehead atoms. The van der Waals surface area contributed by atoms with E-state index in [1.165, 1.54) is 0 Å². The first-order valence-electron chi connectivity index (χ1n) is 10.5. The van der Waals surface area contributed by atoms with E-state index in [1.807, 2.05) is 61.6 Å². The highest BCUT2D eigenvalue weighted by Gasteiger charge is 2.29. The van der Waals surface area contributed by atoms with Gasteiger partial charge in [0.25, 0.3) is 11.7 Å². The fraction of sp³-hybridized carbons (Fsp3) is 0.200. The zero-order valence-electron chi connectivity index (χ0n) is 18.9. The monoisotopic (exact) mass is 443 g/mol. The summed E-state index contributed by atoms with van der Waals surface area (Å²) in [5.74, 6) is -0.139. The second-order valence-electron chi connectivity index (χ2n) is 7.70. The molecule has 0 aliphatic rings. The van der Waals surface area contributed by atoms with Gasteiger partial charge >= 0.3 is 0 Å². The van der Waals surface area contributed by atoms with Crippen molar-refractivity contribution in [3.8, 4) is 11.4 Å². The number of carbonyl (C=O) groups is 2. The van der Waals surface area contributed by atoms with Crippen LogP contribution in [0, 0.1) is 13.8 Å². The van der Waals surface area contributed by atoms with E-state index in [1.54, 1.807) is 42.6 Å². The molecular formula is C25H25N5O3. The number of rotatable bonds is 7. The molecule has 33 heavy (non-hydrogen) atoms. The molecule has 0 aliphatic heterocycles. The summed E-state index contributed by atoms with van der Waals surface area (Å²) in [5.41, 5.74) is 2.96. The highest BCUT2D eigenvalue weighted by atomic mass is 16.5. The maximum absolute atomic E-state index is 13.3. The fourth-order valence-corrected chi connectivity index (χ4v) is 3.88. The zero-order chi connectivity index (χ0) is 23.5. The average molecular weight is 444 g/mol. The van der Waals surface area contributed by atoms with Crippen LogP contribution < -0.4 is 10.1 Å². The predicted octanol–water partition coefficient (Wildman–Crippen LogP) is 3.32. The number of ketones is 1. The molecule has 2 aromatic heterocycles. The largest absolute Gasteiger partial charge is 0.497 e. The number of Topliss-reactive ketones (excluding diaryl/α,β-unsaturated/α-hetero) is 1. The molecule has 0 saturated carbocycles. The number of nitrogens with one attached hydrogen (secondary N) is 1. The number of nitrogens with zero attached hydrogens (tertiary/aromatic N) is 4. The van der Waals surface area contributed by atoms with E-state index in [0.29, 0.717) is 28.5 Å². The van der Waals surface area contributed by atoms with Crippen molar-refractivity contribution in [2.75, 3.05) is 7.11 Å². The van der Waals surface area contributed by atoms with E-state index in [0.717, 1.165) is 11.3 Å². The van der Waals surface area contributed by atoms with Crippen molar-refractivity contribution in [3.63, 3.8) is 0 Å². The third-order valence-corrected chi connectivity index (χ3v) is 5.54. The Balaban J connectivity index is 1.67. The molecule has 4 aromatic rings. The third-order valence-electron chi connectivity index (χ3n) is 5.54. The number of carbonyl (C=O) groups excluding carboxylic acids is 2. The van der Waals surface area contributed by atoms with Crippen LogP contribution in [0.4, 0.5) is 0 Å². The SMILES string of the molecule is COc1cccc(C(NC(=O)C(=O)c2c(C)nn(-c3ccccc3)c2C)c2nccn2C)c1. The number of amides is 1. The minimum atomic E-state index is -0.732. The molecule has 1 amide bonds. The fourth-order valence-electron chi connectivity index (χ4n) is 3.88. The van der Waals surface area contributed by atoms with Crippen LogP contribution in [0.3, 0.4) is 0 Å². The van der Waals surface area contributed by atoms with Gasteiger partial charge in [-0.05, 0) is 43.7 Å². The lowest BCUT2D eigenvalue weighted by Crippen LogP contribution is -2.36. The van der Waals surface area contributed by atoms with Crippen LogP contribution in [0.5, 0.6) is 5.75 Å². The molecule has 0 spiro atoms. The van der Waals surface area contributed by atoms with Crippen LogP contribution >= 0.6 is 0 Å². The van der Waals surface area contributed by atoms with Crippen LogP contribution in [0.25, 0.3) is 5.69 Å². The van der Waals surface area contributed by atoms with Gasteiger partial charge in [-0.25, -0.2) is 9.67 Å². The number of aryl methyl sites for hydroxylation is 2. The number of methoxy groups -OCH3 is 1. The lowest BCUT2D eigenvalue weighted by Gasteiger charge is -2.19. The van der Waals surface area contributed by atoms with Crippen LogP contribution in [-0.2, 0) is 11.8 Å². The summed E-state index contributed by atoms with van der Waals surface area (Å²) in [4.78, 5) is 30.8. The quantitative estimate of drug-likeness (QED) is 0.350. The van der Waals surface area contributed by atoms with Crippen LogP contribution in [0.15, 0.2) is 67.0 Å². The molecule has 4 rings (SSSR count). The maximum Gasteiger partial charge on any atom is 0.293 e. The molecule has 1 N–H and O–H groups in total. The molecule has 0 fully saturated rings. The molecule has 168 valence electrons. The number of aromatic nitrogens is 4. The number of hydrogen-bond donors (Lipinski definition) is 1. The first kappa shape index (κ1) is 22.0. The van der Waals surface area contributed by atoms with Gasteiger partial charge in [-0.2, -0.15) is 5.10 Å². The van der Waals surface area contributed by atoms with Crippen LogP contribution in [0.2, 0.25) is 0 Å². The van der Waals surface area contributed by atoms with Crippen molar-refractivity contribution >= 4 is 11.7 Å². The minimum absolute atomic E-state index is 0.292. The summed E-state index contributed by atoms with van der Waals surface area (Å²) in [6, 6.07) is 16.2. The highest BCUT2D eigenvalue weighted by molar-refractivity contribution is 6.43. The first-order chi connectivity index (χ1) is 15.9. The Morgan fingerprint density at radius 1 is 1.06 bits per heavy atom. The predicted molar refractivity (Wildman–Crippen MR) is 124 cm³/mol. The summed E-state index contributed by atoms with van der Waals surface area (Å²) in [6.45, 7) is 3.51. The Labute approximate surface area is 191 Å². The van der Waals surface area contributed by atoms with Crippen molar-refractivity contribution in [3.05, 3.63) is 95.3 Å². The average Bonchev–Trinajstić information content (AvgIpc) is 3.39. The first-order valence-corrected chi connectivity index (χ1v) is 10.5. The van der Waals surface area contributed by atoms with Crippen molar-refractivity contribution in [1.29, 1.82) is 0 Å². The van der Waals surface area contributed by atoms with Crippen molar-refractivity contribution in [1.82, 2.24) is 24.6 Å². The van der Waals surface area contributed by atoms with E-state index in [4.69, 9.17) is 4.74 Å². The molecule has 8 heteroatoms. The number of para-hydroxylation sites is 1. The Bertz CT molecular complexity index is 1310. The van der Waals surface area contributed by atoms with E-state index in [-0.39, 0.29) is 0 Å². The van der Waals surface area contributed by atoms with Gasteiger partial charge in [0.2, 0.25) is 0 Å². The lowest BCUT2D eigenvalue weighted by molar-refractivity contribution is -0.117. The Hall–Kier alpha value is -4.20. The molecule has 2 heterocycles. The summed E-state index contributed by atoms with van der Waals surface area (Å²) < 4.78 is 8.81. The van der Waals surface area contributed by atoms with Gasteiger partial charge in [0, 0.05) is 19.4 Å². The van der Waals surface area contributed by atoms with E-state index in [2.05, 4.69) is 15.4 Å². The molecule has 1 atom stereocenters. The van der Waals surface area contributed by atoms with Gasteiger partial charge in [0.1, 0.15) is 17.6 Å². The van der Waals surface area contributed by atoms with Gasteiger partial charge in [0.05, 0.1) is 29.7 Å². The second kappa shape index (κ2) is 9.12. The number of ether oxygens (including phenoxy) is 1. The summed E-state index contributed by atoms with van der Waals surface area (Å²) >= 11 is 0. The van der Waals surface area contributed by atoms with Gasteiger partial charge < -0.3 is 14.6 Å². The van der Waals surface area contributed by atoms with Crippen LogP contribution in [0.1, 0.15) is 39.2 Å². The van der Waals surface area contributed by atoms with Gasteiger partial charge in [-0.15, -0.1) is 0 Å². The lowest BCUT2D eigenvalue weighted by atomic mass is 10.0. The smallest absolute Gasteiger partial charge is 0.293 e. The molecule has 1 unspecified atom stereocenters. The maximum atomic E-state index is 13.3. The number of benzene rings is 2. The summed E-state index contributed by atoms with van der Waals surface area (Å²) in [7, 11) is 3.41. The van der Waals surface area contributed by atoms with E-state index < -0.39 is 17.7 Å². The Kier molecular flexibility index (Phi) is 6.08. The molecule has 2 aromatic carbocycles. The molecular weight excluding hydrogens is 418 g/mol. The third kappa shape index (κ3) is 4.27. The highest BCUT2D eigenvalue weighted by Crippen LogP contribution is 2.25. The van der Waals surface area contributed by atoms with E-state index in [9.17, 15) is 9.59 Å². The summed E-state index contributed by atoms with van der Waals surface area (Å²) in [6.07, 6.45) is 3.43. The van der Waals surface area contributed by atoms with Gasteiger partial charge in [0.15, 0.2) is 0 Å². The zero-order valence-corrected chi connectivity index (χ0v) is 18.9. The Morgan fingerprint density at radius 3 is 2.48 bits per heavy atom. The number of imidazole rings is 1. The van der Waals surface area contributed by atoms with Crippen LogP contribution in [-0.4, -0.2) is 38.1 Å². The minimum Gasteiger partial charge on any atom is -0.497 e. The molecule has 0 aliphatic carbocycles. The molecule has 0 saturated heterocycles. The Morgan fingerprint density at radius 2 is 1.82 bits per heavy atom. The van der Waals surface area contributed by atoms with Gasteiger partial charge in [-0.1, -0.05) is 30.3 Å². The van der Waals surface area contributed by atoms with Crippen molar-refractivity contribution < 1.29 is 14.3 Å². The van der Waals surface area contributed by atoms with Crippen molar-refractivity contribution in [2.45, 2.75) is 19.9 Å². The number of hydrogen-bond acceptors (Lipinski definition) is 5. The molecule has 0 radical (unpaired) electrons. The topological polar surface area (TPSA) is 91.0 Å². The second-order valence-corrected chi connectivity index (χ2v) is 7.70. The standard InChI is InChI=1S/C25H25N5O3/c1-16-21(17(2)30(28-16)19-10-6-5-7-11-19)23(31)25(32)27-22(24-26-13-14-29(24)3)18-9-8-12-20(15-18)33-4/h5-15,22H,1-4H3,(H,27,32). The normalized spacial score (nSPS) is 11.8. The van der Waals surface area contributed by atoms with Gasteiger partial charge in [-0.3, -0.25) is 9.59 Å². The van der Waals surface area contributed by atoms with E-state index >= 15 is 0 Å². The summed E-state index contributed by atoms with van der Waals surface area (Å²) in [5, 5.41) is 7.36. The van der Waals surface area contributed by atoms with Crippen molar-refractivity contribution in [2.24, 2.45) is 7.05 Å². The molecule has 8 nitrogen and oxygen atoms in total.